The molecule has 0 fully saturated rings. The summed E-state index contributed by atoms with van der Waals surface area (Å²) in [5.41, 5.74) is 0. The van der Waals surface area contributed by atoms with Gasteiger partial charge in [-0.3, -0.25) is 14.0 Å². The molecule has 0 bridgehead atoms. The zero-order chi connectivity index (χ0) is 14.2. The first-order valence-corrected chi connectivity index (χ1v) is 6.59. The highest BCUT2D eigenvalue weighted by Gasteiger charge is 2.28. The van der Waals surface area contributed by atoms with E-state index in [1.165, 1.54) is 19.4 Å². The molecule has 106 valence electrons. The fourth-order valence-electron chi connectivity index (χ4n) is 0.952. The van der Waals surface area contributed by atoms with Crippen molar-refractivity contribution in [2.24, 2.45) is 4.99 Å². The molecule has 0 aromatic heterocycles. The minimum absolute atomic E-state index is 0.00992. The van der Waals surface area contributed by atoms with Crippen molar-refractivity contribution in [1.29, 1.82) is 0 Å². The van der Waals surface area contributed by atoms with Crippen molar-refractivity contribution in [3.05, 3.63) is 12.4 Å². The monoisotopic (exact) mass is 288 g/mol. The van der Waals surface area contributed by atoms with Crippen molar-refractivity contribution in [2.45, 2.75) is 19.2 Å². The van der Waals surface area contributed by atoms with E-state index in [9.17, 15) is 21.6 Å². The fourth-order valence-corrected chi connectivity index (χ4v) is 2.05. The predicted octanol–water partition coefficient (Wildman–Crippen LogP) is 1.74. The highest BCUT2D eigenvalue weighted by atomic mass is 32.2. The Bertz CT molecular complexity index is 379. The highest BCUT2D eigenvalue weighted by Crippen LogP contribution is 2.16. The summed E-state index contributed by atoms with van der Waals surface area (Å²) in [4.78, 5) is 3.34. The van der Waals surface area contributed by atoms with E-state index in [-0.39, 0.29) is 18.6 Å². The molecular weight excluding hydrogens is 273 g/mol. The largest absolute Gasteiger partial charge is 0.522 e. The Hall–Kier alpha value is -1.09. The zero-order valence-electron chi connectivity index (χ0n) is 9.85. The second kappa shape index (κ2) is 7.37. The average Bonchev–Trinajstić information content (AvgIpc) is 2.23. The summed E-state index contributed by atoms with van der Waals surface area (Å²) >= 11 is 0. The molecule has 0 saturated carbocycles. The first-order valence-electron chi connectivity index (χ1n) is 4.98. The third-order valence-corrected chi connectivity index (χ3v) is 3.69. The van der Waals surface area contributed by atoms with Crippen LogP contribution in [0.2, 0.25) is 0 Å². The molecule has 0 aliphatic rings. The molecule has 0 aliphatic heterocycles. The summed E-state index contributed by atoms with van der Waals surface area (Å²) < 4.78 is 62.4. The number of ether oxygens (including phenoxy) is 1. The van der Waals surface area contributed by atoms with Gasteiger partial charge in [-0.05, 0) is 19.6 Å². The maximum absolute atomic E-state index is 11.6. The molecule has 0 spiro atoms. The first-order chi connectivity index (χ1) is 8.19. The molecule has 0 atom stereocenters. The predicted molar refractivity (Wildman–Crippen MR) is 61.5 cm³/mol. The molecule has 0 amide bonds. The maximum atomic E-state index is 11.6. The van der Waals surface area contributed by atoms with Crippen LogP contribution in [0.25, 0.3) is 0 Å². The Morgan fingerprint density at radius 2 is 2.00 bits per heavy atom. The molecule has 0 heterocycles. The standard InChI is InChI=1S/C9H15F3N2O3S/c1-13-5-6-14(2)18(15,16)8-4-3-7-17-9(10,11)12/h5-6H,1,3-4,7-8H2,2H3/b6-5-. The SMILES string of the molecule is C=N/C=C\N(C)S(=O)(=O)CCCCOC(F)(F)F. The molecule has 0 N–H and O–H groups in total. The van der Waals surface area contributed by atoms with Gasteiger partial charge < -0.3 is 0 Å². The summed E-state index contributed by atoms with van der Waals surface area (Å²) in [6.45, 7) is 2.59. The van der Waals surface area contributed by atoms with E-state index in [0.717, 1.165) is 4.31 Å². The lowest BCUT2D eigenvalue weighted by Gasteiger charge is -2.14. The molecule has 0 aromatic rings. The van der Waals surface area contributed by atoms with E-state index in [2.05, 4.69) is 16.4 Å². The second-order valence-electron chi connectivity index (χ2n) is 3.31. The third kappa shape index (κ3) is 8.07. The highest BCUT2D eigenvalue weighted by molar-refractivity contribution is 7.89. The molecule has 0 radical (unpaired) electrons. The lowest BCUT2D eigenvalue weighted by atomic mass is 10.4. The van der Waals surface area contributed by atoms with Crippen molar-refractivity contribution in [3.63, 3.8) is 0 Å². The van der Waals surface area contributed by atoms with Crippen LogP contribution >= 0.6 is 0 Å². The Balaban J connectivity index is 3.98. The lowest BCUT2D eigenvalue weighted by molar-refractivity contribution is -0.324. The van der Waals surface area contributed by atoms with Crippen LogP contribution in [0.15, 0.2) is 17.4 Å². The molecule has 0 saturated heterocycles. The van der Waals surface area contributed by atoms with E-state index >= 15 is 0 Å². The summed E-state index contributed by atoms with van der Waals surface area (Å²) in [5, 5.41) is 0. The Kier molecular flexibility index (Phi) is 6.92. The van der Waals surface area contributed by atoms with E-state index in [4.69, 9.17) is 0 Å². The van der Waals surface area contributed by atoms with Gasteiger partial charge >= 0.3 is 6.36 Å². The minimum Gasteiger partial charge on any atom is -0.292 e. The van der Waals surface area contributed by atoms with Crippen LogP contribution in [0.1, 0.15) is 12.8 Å². The zero-order valence-corrected chi connectivity index (χ0v) is 10.7. The smallest absolute Gasteiger partial charge is 0.292 e. The molecule has 0 aromatic carbocycles. The molecule has 0 rings (SSSR count). The number of sulfonamides is 1. The van der Waals surface area contributed by atoms with E-state index in [0.29, 0.717) is 0 Å². The van der Waals surface area contributed by atoms with Gasteiger partial charge in [0.15, 0.2) is 0 Å². The van der Waals surface area contributed by atoms with Crippen molar-refractivity contribution >= 4 is 16.7 Å². The third-order valence-electron chi connectivity index (χ3n) is 1.88. The van der Waals surface area contributed by atoms with Gasteiger partial charge in [-0.15, -0.1) is 13.2 Å². The van der Waals surface area contributed by atoms with Gasteiger partial charge in [0.2, 0.25) is 10.0 Å². The quantitative estimate of drug-likeness (QED) is 0.505. The molecule has 18 heavy (non-hydrogen) atoms. The van der Waals surface area contributed by atoms with Gasteiger partial charge in [-0.1, -0.05) is 0 Å². The van der Waals surface area contributed by atoms with Gasteiger partial charge in [-0.25, -0.2) is 8.42 Å². The van der Waals surface area contributed by atoms with E-state index < -0.39 is 23.0 Å². The molecular formula is C9H15F3N2O3S. The first kappa shape index (κ1) is 16.9. The molecule has 0 aliphatic carbocycles. The van der Waals surface area contributed by atoms with Crippen molar-refractivity contribution < 1.29 is 26.3 Å². The second-order valence-corrected chi connectivity index (χ2v) is 5.46. The number of hydrogen-bond donors (Lipinski definition) is 0. The maximum Gasteiger partial charge on any atom is 0.522 e. The van der Waals surface area contributed by atoms with Crippen molar-refractivity contribution in [2.75, 3.05) is 19.4 Å². The van der Waals surface area contributed by atoms with Crippen molar-refractivity contribution in [3.8, 4) is 0 Å². The number of rotatable bonds is 8. The van der Waals surface area contributed by atoms with Gasteiger partial charge in [0, 0.05) is 19.4 Å². The van der Waals surface area contributed by atoms with Crippen LogP contribution in [-0.2, 0) is 14.8 Å². The van der Waals surface area contributed by atoms with Crippen LogP contribution in [0.3, 0.4) is 0 Å². The van der Waals surface area contributed by atoms with E-state index in [1.807, 2.05) is 0 Å². The number of halogens is 3. The number of alkyl halides is 3. The minimum atomic E-state index is -4.67. The number of unbranched alkanes of at least 4 members (excludes halogenated alkanes) is 1. The fraction of sp³-hybridized carbons (Fsp3) is 0.667. The summed E-state index contributed by atoms with van der Waals surface area (Å²) in [6, 6.07) is 0. The molecule has 5 nitrogen and oxygen atoms in total. The van der Waals surface area contributed by atoms with Gasteiger partial charge in [0.05, 0.1) is 12.4 Å². The van der Waals surface area contributed by atoms with E-state index in [1.54, 1.807) is 0 Å². The van der Waals surface area contributed by atoms with Gasteiger partial charge in [0.25, 0.3) is 0 Å². The Labute approximate surface area is 104 Å². The normalized spacial score (nSPS) is 12.9. The Morgan fingerprint density at radius 3 is 2.50 bits per heavy atom. The number of aliphatic imine (C=N–C) groups is 1. The molecule has 9 heteroatoms. The number of hydrogen-bond acceptors (Lipinski definition) is 4. The van der Waals surface area contributed by atoms with Crippen LogP contribution in [-0.4, -0.2) is 45.2 Å². The summed E-state index contributed by atoms with van der Waals surface area (Å²) in [7, 11) is -2.22. The lowest BCUT2D eigenvalue weighted by Crippen LogP contribution is -2.24. The van der Waals surface area contributed by atoms with Crippen LogP contribution in [0, 0.1) is 0 Å². The van der Waals surface area contributed by atoms with Gasteiger partial charge in [0.1, 0.15) is 0 Å². The molecule has 0 unspecified atom stereocenters. The summed E-state index contributed by atoms with van der Waals surface area (Å²) in [5.74, 6) is -0.258. The number of nitrogens with zero attached hydrogens (tertiary/aromatic N) is 2. The van der Waals surface area contributed by atoms with Crippen LogP contribution in [0.5, 0.6) is 0 Å². The van der Waals surface area contributed by atoms with Crippen LogP contribution in [0.4, 0.5) is 13.2 Å². The van der Waals surface area contributed by atoms with Crippen molar-refractivity contribution in [1.82, 2.24) is 4.31 Å². The summed E-state index contributed by atoms with van der Waals surface area (Å²) in [6.07, 6.45) is -2.18. The topological polar surface area (TPSA) is 59.0 Å². The average molecular weight is 288 g/mol. The Morgan fingerprint density at radius 1 is 1.39 bits per heavy atom. The van der Waals surface area contributed by atoms with Gasteiger partial charge in [-0.2, -0.15) is 0 Å². The van der Waals surface area contributed by atoms with Crippen LogP contribution < -0.4 is 0 Å².